The van der Waals surface area contributed by atoms with Crippen molar-refractivity contribution in [1.82, 2.24) is 0 Å². The van der Waals surface area contributed by atoms with E-state index < -0.39 is 5.97 Å². The lowest BCUT2D eigenvalue weighted by Crippen LogP contribution is -2.02. The molecule has 0 saturated heterocycles. The molecular weight excluding hydrogens is 210 g/mol. The van der Waals surface area contributed by atoms with Crippen molar-refractivity contribution in [3.05, 3.63) is 29.1 Å². The third-order valence-electron chi connectivity index (χ3n) is 2.01. The average Bonchev–Trinajstić information content (AvgIpc) is 2.35. The number of hydrogen-bond acceptors (Lipinski definition) is 4. The predicted octanol–water partition coefficient (Wildman–Crippen LogP) is 2.04. The van der Waals surface area contributed by atoms with Gasteiger partial charge in [-0.3, -0.25) is 0 Å². The summed E-state index contributed by atoms with van der Waals surface area (Å²) in [7, 11) is 4.12. The van der Waals surface area contributed by atoms with Crippen molar-refractivity contribution in [3.8, 4) is 11.5 Å². The lowest BCUT2D eigenvalue weighted by Gasteiger charge is -2.10. The van der Waals surface area contributed by atoms with Gasteiger partial charge < -0.3 is 14.2 Å². The molecule has 16 heavy (non-hydrogen) atoms. The number of carbonyl (C=O) groups excluding carboxylic acids is 1. The maximum Gasteiger partial charge on any atom is 0.338 e. The minimum atomic E-state index is -0.506. The molecule has 1 aromatic rings. The van der Waals surface area contributed by atoms with Gasteiger partial charge in [-0.2, -0.15) is 0 Å². The molecule has 0 fully saturated rings. The number of esters is 1. The molecule has 0 N–H and O–H groups in total. The minimum Gasteiger partial charge on any atom is -0.508 e. The summed E-state index contributed by atoms with van der Waals surface area (Å²) in [5, 5.41) is 0. The van der Waals surface area contributed by atoms with E-state index in [2.05, 4.69) is 9.58 Å². The monoisotopic (exact) mass is 221 g/mol. The summed E-state index contributed by atoms with van der Waals surface area (Å²) in [4.78, 5) is 14.6. The van der Waals surface area contributed by atoms with E-state index in [1.54, 1.807) is 0 Å². The second-order valence-corrected chi connectivity index (χ2v) is 2.83. The number of carbonyl (C=O) groups is 1. The Kier molecular flexibility index (Phi) is 3.72. The molecule has 0 bridgehead atoms. The van der Waals surface area contributed by atoms with Crippen LogP contribution >= 0.6 is 0 Å². The first-order chi connectivity index (χ1) is 7.67. The standard InChI is InChI=1S/C11H11NO4/c1-12-10-8(14-2)5-7(11(13)16-4)6-9(10)15-3/h5-6H,2-4H3. The molecule has 1 rings (SSSR count). The van der Waals surface area contributed by atoms with Crippen molar-refractivity contribution in [2.24, 2.45) is 0 Å². The Morgan fingerprint density at radius 3 is 2.00 bits per heavy atom. The molecule has 0 aromatic heterocycles. The molecule has 0 spiro atoms. The lowest BCUT2D eigenvalue weighted by molar-refractivity contribution is 0.0600. The topological polar surface area (TPSA) is 49.1 Å². The highest BCUT2D eigenvalue weighted by Gasteiger charge is 2.16. The van der Waals surface area contributed by atoms with Crippen molar-refractivity contribution < 1.29 is 19.0 Å². The molecule has 5 heteroatoms. The van der Waals surface area contributed by atoms with E-state index >= 15 is 0 Å². The molecule has 0 aliphatic rings. The van der Waals surface area contributed by atoms with Gasteiger partial charge in [-0.25, -0.2) is 9.64 Å². The van der Waals surface area contributed by atoms with E-state index in [0.29, 0.717) is 0 Å². The van der Waals surface area contributed by atoms with Crippen LogP contribution in [0, 0.1) is 6.57 Å². The van der Waals surface area contributed by atoms with Gasteiger partial charge in [0.1, 0.15) is 11.5 Å². The van der Waals surface area contributed by atoms with E-state index in [0.717, 1.165) is 0 Å². The van der Waals surface area contributed by atoms with Crippen molar-refractivity contribution in [3.63, 3.8) is 0 Å². The van der Waals surface area contributed by atoms with E-state index in [4.69, 9.17) is 16.0 Å². The Hall–Kier alpha value is -2.22. The van der Waals surface area contributed by atoms with Crippen LogP contribution in [0.5, 0.6) is 11.5 Å². The van der Waals surface area contributed by atoms with Gasteiger partial charge in [-0.05, 0) is 12.1 Å². The van der Waals surface area contributed by atoms with Crippen LogP contribution in [0.3, 0.4) is 0 Å². The molecule has 0 aliphatic heterocycles. The molecule has 0 radical (unpaired) electrons. The van der Waals surface area contributed by atoms with Gasteiger partial charge >= 0.3 is 5.97 Å². The fourth-order valence-electron chi connectivity index (χ4n) is 1.24. The fourth-order valence-corrected chi connectivity index (χ4v) is 1.24. The van der Waals surface area contributed by atoms with Crippen LogP contribution in [0.25, 0.3) is 4.85 Å². The lowest BCUT2D eigenvalue weighted by atomic mass is 10.1. The van der Waals surface area contributed by atoms with E-state index in [1.807, 2.05) is 0 Å². The van der Waals surface area contributed by atoms with Crippen LogP contribution in [0.4, 0.5) is 5.69 Å². The molecule has 0 unspecified atom stereocenters. The molecule has 0 heterocycles. The predicted molar refractivity (Wildman–Crippen MR) is 57.1 cm³/mol. The summed E-state index contributed by atoms with van der Waals surface area (Å²) in [5.41, 5.74) is 0.515. The Morgan fingerprint density at radius 1 is 1.19 bits per heavy atom. The van der Waals surface area contributed by atoms with Crippen LogP contribution in [0.2, 0.25) is 0 Å². The summed E-state index contributed by atoms with van der Waals surface area (Å²) in [6.07, 6.45) is 0. The van der Waals surface area contributed by atoms with E-state index in [-0.39, 0.29) is 22.7 Å². The molecule has 1 aromatic carbocycles. The Morgan fingerprint density at radius 2 is 1.69 bits per heavy atom. The first-order valence-corrected chi connectivity index (χ1v) is 4.39. The second-order valence-electron chi connectivity index (χ2n) is 2.83. The highest BCUT2D eigenvalue weighted by atomic mass is 16.5. The van der Waals surface area contributed by atoms with E-state index in [1.165, 1.54) is 33.5 Å². The molecule has 0 aliphatic carbocycles. The molecule has 0 saturated carbocycles. The summed E-state index contributed by atoms with van der Waals surface area (Å²) in [6.45, 7) is 7.00. The third kappa shape index (κ3) is 2.06. The molecule has 0 amide bonds. The number of ether oxygens (including phenoxy) is 3. The van der Waals surface area contributed by atoms with E-state index in [9.17, 15) is 4.79 Å². The van der Waals surface area contributed by atoms with Gasteiger partial charge in [0.05, 0.1) is 33.5 Å². The SMILES string of the molecule is [C-]#[N+]c1c(OC)cc(C(=O)OC)cc1OC. The quantitative estimate of drug-likeness (QED) is 0.579. The van der Waals surface area contributed by atoms with Gasteiger partial charge in [0.15, 0.2) is 0 Å². The number of rotatable bonds is 3. The summed E-state index contributed by atoms with van der Waals surface area (Å²) >= 11 is 0. The maximum absolute atomic E-state index is 11.3. The zero-order chi connectivity index (χ0) is 12.1. The zero-order valence-electron chi connectivity index (χ0n) is 9.23. The molecule has 84 valence electrons. The fraction of sp³-hybridized carbons (Fsp3) is 0.273. The van der Waals surface area contributed by atoms with Crippen molar-refractivity contribution in [1.29, 1.82) is 0 Å². The van der Waals surface area contributed by atoms with Crippen molar-refractivity contribution in [2.45, 2.75) is 0 Å². The first-order valence-electron chi connectivity index (χ1n) is 4.39. The van der Waals surface area contributed by atoms with Gasteiger partial charge in [0.25, 0.3) is 5.69 Å². The van der Waals surface area contributed by atoms with Gasteiger partial charge in [-0.1, -0.05) is 0 Å². The molecule has 0 atom stereocenters. The summed E-state index contributed by atoms with van der Waals surface area (Å²) in [5.74, 6) is 0.0673. The Bertz CT molecular complexity index is 423. The first kappa shape index (κ1) is 11.9. The highest BCUT2D eigenvalue weighted by molar-refractivity contribution is 5.92. The Labute approximate surface area is 93.4 Å². The molecular formula is C11H11NO4. The second kappa shape index (κ2) is 5.03. The van der Waals surface area contributed by atoms with Crippen LogP contribution in [0.15, 0.2) is 12.1 Å². The minimum absolute atomic E-state index is 0.234. The number of benzene rings is 1. The van der Waals surface area contributed by atoms with Crippen molar-refractivity contribution >= 4 is 11.7 Å². The van der Waals surface area contributed by atoms with Gasteiger partial charge in [0, 0.05) is 0 Å². The third-order valence-corrected chi connectivity index (χ3v) is 2.01. The van der Waals surface area contributed by atoms with Crippen LogP contribution < -0.4 is 9.47 Å². The number of methoxy groups -OCH3 is 3. The maximum atomic E-state index is 11.3. The average molecular weight is 221 g/mol. The summed E-state index contributed by atoms with van der Waals surface area (Å²) in [6, 6.07) is 2.89. The highest BCUT2D eigenvalue weighted by Crippen LogP contribution is 2.38. The molecule has 5 nitrogen and oxygen atoms in total. The smallest absolute Gasteiger partial charge is 0.338 e. The van der Waals surface area contributed by atoms with Crippen LogP contribution in [0.1, 0.15) is 10.4 Å². The van der Waals surface area contributed by atoms with Crippen LogP contribution in [-0.4, -0.2) is 27.3 Å². The van der Waals surface area contributed by atoms with Gasteiger partial charge in [0.2, 0.25) is 0 Å². The number of nitrogens with zero attached hydrogens (tertiary/aromatic N) is 1. The largest absolute Gasteiger partial charge is 0.508 e. The van der Waals surface area contributed by atoms with Gasteiger partial charge in [-0.15, -0.1) is 0 Å². The van der Waals surface area contributed by atoms with Crippen LogP contribution in [-0.2, 0) is 4.74 Å². The Balaban J connectivity index is 3.38. The summed E-state index contributed by atoms with van der Waals surface area (Å²) < 4.78 is 14.6. The van der Waals surface area contributed by atoms with Crippen molar-refractivity contribution in [2.75, 3.05) is 21.3 Å². The normalized spacial score (nSPS) is 9.12. The number of hydrogen-bond donors (Lipinski definition) is 0. The zero-order valence-corrected chi connectivity index (χ0v) is 9.23.